The molecule has 1 saturated heterocycles. The molecule has 0 radical (unpaired) electrons. The summed E-state index contributed by atoms with van der Waals surface area (Å²) >= 11 is 0. The maximum Gasteiger partial charge on any atom is 0.123 e. The van der Waals surface area contributed by atoms with Gasteiger partial charge in [0.05, 0.1) is 12.2 Å². The zero-order valence-electron chi connectivity index (χ0n) is 11.1. The van der Waals surface area contributed by atoms with Crippen LogP contribution in [-0.4, -0.2) is 6.17 Å². The minimum atomic E-state index is -0.219. The Labute approximate surface area is 118 Å². The largest absolute Gasteiger partial charge is 0.315 e. The normalized spacial score (nSPS) is 25.8. The second-order valence-electron chi connectivity index (χ2n) is 5.20. The Morgan fingerprint density at radius 3 is 2.35 bits per heavy atom. The van der Waals surface area contributed by atoms with Gasteiger partial charge in [0.1, 0.15) is 5.82 Å². The van der Waals surface area contributed by atoms with Crippen LogP contribution in [0.3, 0.4) is 0 Å². The summed E-state index contributed by atoms with van der Waals surface area (Å²) in [6.07, 6.45) is 0.759. The first-order chi connectivity index (χ1) is 9.74. The maximum atomic E-state index is 13.0. The molecule has 0 saturated carbocycles. The molecule has 1 aliphatic rings. The minimum absolute atomic E-state index is 0.0887. The molecule has 4 N–H and O–H groups in total. The van der Waals surface area contributed by atoms with Crippen LogP contribution in [0, 0.1) is 11.7 Å². The molecule has 0 aliphatic carbocycles. The quantitative estimate of drug-likeness (QED) is 0.801. The monoisotopic (exact) mass is 271 g/mol. The second kappa shape index (κ2) is 5.71. The summed E-state index contributed by atoms with van der Waals surface area (Å²) < 4.78 is 13.0. The van der Waals surface area contributed by atoms with E-state index in [2.05, 4.69) is 23.0 Å². The smallest absolute Gasteiger partial charge is 0.123 e. The zero-order valence-corrected chi connectivity index (χ0v) is 11.1. The summed E-state index contributed by atoms with van der Waals surface area (Å²) in [5.74, 6) is 0.00600. The lowest BCUT2D eigenvalue weighted by atomic mass is 9.87. The van der Waals surface area contributed by atoms with Crippen LogP contribution in [0.5, 0.6) is 0 Å². The number of rotatable bonds is 3. The molecule has 1 fully saturated rings. The highest BCUT2D eigenvalue weighted by atomic mass is 19.1. The molecule has 1 aliphatic heterocycles. The summed E-state index contributed by atoms with van der Waals surface area (Å²) in [7, 11) is 0. The third-order valence-corrected chi connectivity index (χ3v) is 3.84. The van der Waals surface area contributed by atoms with Gasteiger partial charge in [-0.15, -0.1) is 0 Å². The summed E-state index contributed by atoms with van der Waals surface area (Å²) in [5, 5.41) is 0. The van der Waals surface area contributed by atoms with Crippen LogP contribution >= 0.6 is 0 Å². The van der Waals surface area contributed by atoms with Crippen LogP contribution in [0.15, 0.2) is 54.6 Å². The Hall–Kier alpha value is -1.75. The third kappa shape index (κ3) is 2.72. The minimum Gasteiger partial charge on any atom is -0.315 e. The fraction of sp³-hybridized carbons (Fsp3) is 0.250. The standard InChI is InChI=1S/C16H18FN3/c17-13-8-6-12(7-9-13)15-14(16(18)20-19-15)10-11-4-2-1-3-5-11/h1-9,14-16,19-20H,10,18H2. The van der Waals surface area contributed by atoms with E-state index in [0.717, 1.165) is 12.0 Å². The van der Waals surface area contributed by atoms with E-state index in [-0.39, 0.29) is 23.9 Å². The predicted octanol–water partition coefficient (Wildman–Crippen LogP) is 2.12. The first kappa shape index (κ1) is 13.2. The second-order valence-corrected chi connectivity index (χ2v) is 5.20. The molecule has 3 rings (SSSR count). The van der Waals surface area contributed by atoms with E-state index >= 15 is 0 Å². The summed E-state index contributed by atoms with van der Waals surface area (Å²) in [4.78, 5) is 0. The average Bonchev–Trinajstić information content (AvgIpc) is 2.83. The molecule has 104 valence electrons. The summed E-state index contributed by atoms with van der Waals surface area (Å²) in [6.45, 7) is 0. The van der Waals surface area contributed by atoms with Crippen molar-refractivity contribution in [2.75, 3.05) is 0 Å². The molecule has 1 heterocycles. The number of nitrogens with one attached hydrogen (secondary N) is 2. The van der Waals surface area contributed by atoms with E-state index in [1.807, 2.05) is 30.3 Å². The van der Waals surface area contributed by atoms with Gasteiger partial charge in [0.15, 0.2) is 0 Å². The van der Waals surface area contributed by atoms with Crippen LogP contribution < -0.4 is 16.6 Å². The highest BCUT2D eigenvalue weighted by Gasteiger charge is 2.34. The van der Waals surface area contributed by atoms with Gasteiger partial charge < -0.3 is 5.73 Å². The Balaban J connectivity index is 1.81. The number of hydrogen-bond acceptors (Lipinski definition) is 3. The Kier molecular flexibility index (Phi) is 3.78. The van der Waals surface area contributed by atoms with Crippen molar-refractivity contribution in [2.24, 2.45) is 11.7 Å². The number of hydrazine groups is 1. The molecule has 0 bridgehead atoms. The van der Waals surface area contributed by atoms with Gasteiger partial charge in [-0.3, -0.25) is 0 Å². The molecular weight excluding hydrogens is 253 g/mol. The van der Waals surface area contributed by atoms with Gasteiger partial charge >= 0.3 is 0 Å². The zero-order chi connectivity index (χ0) is 13.9. The van der Waals surface area contributed by atoms with Crippen molar-refractivity contribution in [3.05, 3.63) is 71.5 Å². The van der Waals surface area contributed by atoms with Gasteiger partial charge in [-0.1, -0.05) is 42.5 Å². The van der Waals surface area contributed by atoms with Gasteiger partial charge in [-0.25, -0.2) is 15.2 Å². The molecule has 3 atom stereocenters. The van der Waals surface area contributed by atoms with Crippen molar-refractivity contribution in [1.29, 1.82) is 0 Å². The highest BCUT2D eigenvalue weighted by Crippen LogP contribution is 2.30. The van der Waals surface area contributed by atoms with E-state index in [0.29, 0.717) is 0 Å². The molecule has 3 nitrogen and oxygen atoms in total. The molecule has 3 unspecified atom stereocenters. The maximum absolute atomic E-state index is 13.0. The summed E-state index contributed by atoms with van der Waals surface area (Å²) in [6, 6.07) is 17.0. The third-order valence-electron chi connectivity index (χ3n) is 3.84. The van der Waals surface area contributed by atoms with Crippen molar-refractivity contribution in [3.8, 4) is 0 Å². The van der Waals surface area contributed by atoms with Crippen LogP contribution in [0.4, 0.5) is 4.39 Å². The van der Waals surface area contributed by atoms with Crippen LogP contribution in [-0.2, 0) is 6.42 Å². The first-order valence-electron chi connectivity index (χ1n) is 6.80. The molecule has 4 heteroatoms. The Morgan fingerprint density at radius 1 is 0.950 bits per heavy atom. The lowest BCUT2D eigenvalue weighted by Gasteiger charge is -2.21. The van der Waals surface area contributed by atoms with Crippen LogP contribution in [0.2, 0.25) is 0 Å². The topological polar surface area (TPSA) is 50.1 Å². The van der Waals surface area contributed by atoms with Gasteiger partial charge in [-0.2, -0.15) is 0 Å². The summed E-state index contributed by atoms with van der Waals surface area (Å²) in [5.41, 5.74) is 14.7. The lowest BCUT2D eigenvalue weighted by molar-refractivity contribution is 0.420. The number of nitrogens with two attached hydrogens (primary N) is 1. The fourth-order valence-corrected chi connectivity index (χ4v) is 2.74. The molecular formula is C16H18FN3. The van der Waals surface area contributed by atoms with Crippen molar-refractivity contribution < 1.29 is 4.39 Å². The van der Waals surface area contributed by atoms with Crippen LogP contribution in [0.1, 0.15) is 17.2 Å². The Bertz CT molecular complexity index is 556. The molecule has 20 heavy (non-hydrogen) atoms. The van der Waals surface area contributed by atoms with Gasteiger partial charge in [0, 0.05) is 5.92 Å². The fourth-order valence-electron chi connectivity index (χ4n) is 2.74. The average molecular weight is 271 g/mol. The molecule has 2 aromatic carbocycles. The van der Waals surface area contributed by atoms with E-state index < -0.39 is 0 Å². The van der Waals surface area contributed by atoms with E-state index in [9.17, 15) is 4.39 Å². The van der Waals surface area contributed by atoms with Gasteiger partial charge in [0.2, 0.25) is 0 Å². The van der Waals surface area contributed by atoms with E-state index in [4.69, 9.17) is 5.73 Å². The number of benzene rings is 2. The van der Waals surface area contributed by atoms with Crippen molar-refractivity contribution in [3.63, 3.8) is 0 Å². The first-order valence-corrected chi connectivity index (χ1v) is 6.80. The molecule has 2 aromatic rings. The molecule has 0 aromatic heterocycles. The van der Waals surface area contributed by atoms with E-state index in [1.165, 1.54) is 17.7 Å². The van der Waals surface area contributed by atoms with Crippen molar-refractivity contribution in [2.45, 2.75) is 18.6 Å². The van der Waals surface area contributed by atoms with Crippen molar-refractivity contribution >= 4 is 0 Å². The highest BCUT2D eigenvalue weighted by molar-refractivity contribution is 5.24. The van der Waals surface area contributed by atoms with Gasteiger partial charge in [0.25, 0.3) is 0 Å². The predicted molar refractivity (Wildman–Crippen MR) is 77.0 cm³/mol. The molecule has 0 amide bonds. The Morgan fingerprint density at radius 2 is 1.65 bits per heavy atom. The number of halogens is 1. The van der Waals surface area contributed by atoms with Crippen LogP contribution in [0.25, 0.3) is 0 Å². The van der Waals surface area contributed by atoms with E-state index in [1.54, 1.807) is 0 Å². The van der Waals surface area contributed by atoms with Crippen molar-refractivity contribution in [1.82, 2.24) is 10.9 Å². The SMILES string of the molecule is NC1NNC(c2ccc(F)cc2)C1Cc1ccccc1. The lowest BCUT2D eigenvalue weighted by Crippen LogP contribution is -2.39. The molecule has 0 spiro atoms. The van der Waals surface area contributed by atoms with Gasteiger partial charge in [-0.05, 0) is 29.7 Å². The number of hydrogen-bond donors (Lipinski definition) is 3.